The first-order valence-corrected chi connectivity index (χ1v) is 8.44. The maximum absolute atomic E-state index is 5.36. The normalized spacial score (nSPS) is 18.2. The molecule has 8 heteroatoms. The van der Waals surface area contributed by atoms with E-state index in [9.17, 15) is 0 Å². The molecule has 1 aromatic heterocycles. The van der Waals surface area contributed by atoms with Crippen molar-refractivity contribution < 1.29 is 4.42 Å². The van der Waals surface area contributed by atoms with E-state index in [0.29, 0.717) is 11.7 Å². The minimum atomic E-state index is 0.611. The van der Waals surface area contributed by atoms with Crippen molar-refractivity contribution in [3.63, 3.8) is 0 Å². The molecule has 3 aliphatic heterocycles. The van der Waals surface area contributed by atoms with E-state index in [1.54, 1.807) is 17.7 Å². The van der Waals surface area contributed by atoms with E-state index in [0.717, 1.165) is 24.5 Å². The van der Waals surface area contributed by atoms with Gasteiger partial charge in [-0.05, 0) is 12.5 Å². The third kappa shape index (κ3) is 2.64. The number of rotatable bonds is 7. The predicted molar refractivity (Wildman–Crippen MR) is 93.1 cm³/mol. The zero-order valence-electron chi connectivity index (χ0n) is 13.7. The molecule has 0 unspecified atom stereocenters. The molecule has 0 radical (unpaired) electrons. The number of nitrogens with zero attached hydrogens (tertiary/aromatic N) is 6. The van der Waals surface area contributed by atoms with Crippen LogP contribution in [0.1, 0.15) is 39.0 Å². The molecule has 126 valence electrons. The molecule has 0 fully saturated rings. The van der Waals surface area contributed by atoms with Gasteiger partial charge in [0.1, 0.15) is 18.4 Å². The van der Waals surface area contributed by atoms with Crippen molar-refractivity contribution in [2.24, 2.45) is 15.1 Å². The number of hydrazine groups is 2. The highest BCUT2D eigenvalue weighted by Gasteiger charge is 2.34. The van der Waals surface area contributed by atoms with E-state index in [4.69, 9.17) is 4.42 Å². The van der Waals surface area contributed by atoms with Gasteiger partial charge in [-0.3, -0.25) is 10.4 Å². The molecular formula is C16H21N7O. The Bertz CT molecular complexity index is 704. The number of aliphatic imine (C=N–C) groups is 2. The summed E-state index contributed by atoms with van der Waals surface area (Å²) in [6.07, 6.45) is 11.5. The molecule has 0 spiro atoms. The highest BCUT2D eigenvalue weighted by molar-refractivity contribution is 6.07. The van der Waals surface area contributed by atoms with Gasteiger partial charge < -0.3 is 4.42 Å². The topological polar surface area (TPSA) is 72.0 Å². The zero-order valence-corrected chi connectivity index (χ0v) is 13.7. The smallest absolute Gasteiger partial charge is 0.235 e. The predicted octanol–water partition coefficient (Wildman–Crippen LogP) is 2.66. The summed E-state index contributed by atoms with van der Waals surface area (Å²) in [6, 6.07) is 3.65. The lowest BCUT2D eigenvalue weighted by molar-refractivity contribution is 0.200. The SMILES string of the molecule is CCCCCCCN1C=NC2=C3NN(c4ccco4)N=C3N=CN21. The summed E-state index contributed by atoms with van der Waals surface area (Å²) in [4.78, 5) is 8.95. The third-order valence-electron chi connectivity index (χ3n) is 4.16. The van der Waals surface area contributed by atoms with Gasteiger partial charge in [0.05, 0.1) is 6.26 Å². The van der Waals surface area contributed by atoms with Crippen LogP contribution in [-0.2, 0) is 0 Å². The maximum atomic E-state index is 5.36. The molecule has 0 atom stereocenters. The van der Waals surface area contributed by atoms with Gasteiger partial charge in [-0.2, -0.15) is 0 Å². The maximum Gasteiger partial charge on any atom is 0.235 e. The molecular weight excluding hydrogens is 306 g/mol. The van der Waals surface area contributed by atoms with Gasteiger partial charge >= 0.3 is 0 Å². The van der Waals surface area contributed by atoms with E-state index < -0.39 is 0 Å². The monoisotopic (exact) mass is 327 g/mol. The lowest BCUT2D eigenvalue weighted by Crippen LogP contribution is -2.40. The molecule has 8 nitrogen and oxygen atoms in total. The van der Waals surface area contributed by atoms with Gasteiger partial charge in [-0.15, -0.1) is 10.2 Å². The molecule has 0 bridgehead atoms. The van der Waals surface area contributed by atoms with Crippen LogP contribution in [0.2, 0.25) is 0 Å². The summed E-state index contributed by atoms with van der Waals surface area (Å²) in [7, 11) is 0. The number of hydrazone groups is 1. The zero-order chi connectivity index (χ0) is 16.4. The van der Waals surface area contributed by atoms with Gasteiger partial charge in [0.15, 0.2) is 5.82 Å². The second-order valence-corrected chi connectivity index (χ2v) is 5.91. The van der Waals surface area contributed by atoms with Crippen LogP contribution in [-0.4, -0.2) is 35.1 Å². The van der Waals surface area contributed by atoms with Crippen LogP contribution in [0.5, 0.6) is 0 Å². The van der Waals surface area contributed by atoms with Crippen molar-refractivity contribution in [2.75, 3.05) is 11.7 Å². The van der Waals surface area contributed by atoms with Crippen molar-refractivity contribution in [1.82, 2.24) is 15.4 Å². The molecule has 4 rings (SSSR count). The number of unbranched alkanes of at least 4 members (excludes halogenated alkanes) is 4. The Morgan fingerprint density at radius 2 is 2.04 bits per heavy atom. The number of fused-ring (bicyclic) bond motifs is 2. The van der Waals surface area contributed by atoms with Gasteiger partial charge in [-0.1, -0.05) is 32.6 Å². The first-order chi connectivity index (χ1) is 11.9. The Morgan fingerprint density at radius 3 is 2.88 bits per heavy atom. The van der Waals surface area contributed by atoms with Gasteiger partial charge in [0.25, 0.3) is 0 Å². The molecule has 0 saturated carbocycles. The molecule has 4 heterocycles. The molecule has 0 aromatic carbocycles. The summed E-state index contributed by atoms with van der Waals surface area (Å²) < 4.78 is 5.36. The standard InChI is InChI=1S/C16H21N7O/c1-2-3-4-5-6-9-21-11-18-16-14-15(17-12-22(16)21)20-23(19-14)13-8-7-10-24-13/h7-8,10-12,19H,2-6,9H2,1H3. The van der Waals surface area contributed by atoms with Crippen molar-refractivity contribution >= 4 is 24.4 Å². The molecule has 0 amide bonds. The molecule has 0 saturated heterocycles. The number of hydrogen-bond donors (Lipinski definition) is 1. The Balaban J connectivity index is 1.42. The molecule has 1 aromatic rings. The van der Waals surface area contributed by atoms with E-state index in [1.165, 1.54) is 25.7 Å². The largest absolute Gasteiger partial charge is 0.446 e. The number of furan rings is 1. The first-order valence-electron chi connectivity index (χ1n) is 8.44. The van der Waals surface area contributed by atoms with Crippen molar-refractivity contribution in [3.8, 4) is 0 Å². The summed E-state index contributed by atoms with van der Waals surface area (Å²) in [5.74, 6) is 2.03. The number of hydrogen-bond acceptors (Lipinski definition) is 8. The highest BCUT2D eigenvalue weighted by atomic mass is 16.4. The second kappa shape index (κ2) is 6.38. The van der Waals surface area contributed by atoms with Gasteiger partial charge in [-0.25, -0.2) is 15.0 Å². The average Bonchev–Trinajstić information content (AvgIpc) is 3.32. The Labute approximate surface area is 140 Å². The fraction of sp³-hybridized carbons (Fsp3) is 0.438. The van der Waals surface area contributed by atoms with Crippen LogP contribution in [0.3, 0.4) is 0 Å². The van der Waals surface area contributed by atoms with Crippen molar-refractivity contribution in [2.45, 2.75) is 39.0 Å². The quantitative estimate of drug-likeness (QED) is 0.780. The summed E-state index contributed by atoms with van der Waals surface area (Å²) in [6.45, 7) is 3.17. The van der Waals surface area contributed by atoms with Gasteiger partial charge in [0, 0.05) is 12.6 Å². The lowest BCUT2D eigenvalue weighted by atomic mass is 10.1. The second-order valence-electron chi connectivity index (χ2n) is 5.91. The van der Waals surface area contributed by atoms with Crippen LogP contribution >= 0.6 is 0 Å². The molecule has 24 heavy (non-hydrogen) atoms. The minimum Gasteiger partial charge on any atom is -0.446 e. The first kappa shape index (κ1) is 14.8. The third-order valence-corrected chi connectivity index (χ3v) is 4.16. The highest BCUT2D eigenvalue weighted by Crippen LogP contribution is 2.27. The van der Waals surface area contributed by atoms with Crippen LogP contribution in [0, 0.1) is 0 Å². The van der Waals surface area contributed by atoms with Crippen LogP contribution in [0.25, 0.3) is 0 Å². The Kier molecular flexibility index (Phi) is 3.94. The molecule has 3 aliphatic rings. The minimum absolute atomic E-state index is 0.611. The van der Waals surface area contributed by atoms with Crippen molar-refractivity contribution in [1.29, 1.82) is 0 Å². The van der Waals surface area contributed by atoms with Crippen molar-refractivity contribution in [3.05, 3.63) is 29.9 Å². The fourth-order valence-corrected chi connectivity index (χ4v) is 2.87. The average molecular weight is 327 g/mol. The number of amidine groups is 1. The summed E-state index contributed by atoms with van der Waals surface area (Å²) in [5.41, 5.74) is 3.98. The van der Waals surface area contributed by atoms with E-state index in [-0.39, 0.29) is 0 Å². The number of nitrogens with one attached hydrogen (secondary N) is 1. The Morgan fingerprint density at radius 1 is 1.12 bits per heavy atom. The van der Waals surface area contributed by atoms with E-state index in [1.807, 2.05) is 23.5 Å². The summed E-state index contributed by atoms with van der Waals surface area (Å²) >= 11 is 0. The van der Waals surface area contributed by atoms with Gasteiger partial charge in [0.2, 0.25) is 11.7 Å². The molecule has 0 aliphatic carbocycles. The number of anilines is 1. The fourth-order valence-electron chi connectivity index (χ4n) is 2.87. The summed E-state index contributed by atoms with van der Waals surface area (Å²) in [5, 5.41) is 10.0. The Hall–Kier alpha value is -2.77. The van der Waals surface area contributed by atoms with Crippen LogP contribution < -0.4 is 10.5 Å². The van der Waals surface area contributed by atoms with E-state index in [2.05, 4.69) is 32.4 Å². The van der Waals surface area contributed by atoms with Crippen LogP contribution in [0.15, 0.2) is 49.4 Å². The lowest BCUT2D eigenvalue weighted by Gasteiger charge is -2.28. The van der Waals surface area contributed by atoms with Crippen LogP contribution in [0.4, 0.5) is 5.88 Å². The molecule has 1 N–H and O–H groups in total. The van der Waals surface area contributed by atoms with E-state index >= 15 is 0 Å².